The summed E-state index contributed by atoms with van der Waals surface area (Å²) in [7, 11) is 1.56. The standard InChI is InChI=1S/C18H19NO3/c1-18(2,3)11-5-8-16-14(9-11)19-17(22-16)13-7-6-12(21-4)10-15(13)20/h5-10,20H,1-4H3. The number of hydrogen-bond donors (Lipinski definition) is 1. The first-order chi connectivity index (χ1) is 10.4. The molecule has 3 rings (SSSR count). The van der Waals surface area contributed by atoms with Gasteiger partial charge in [-0.1, -0.05) is 26.8 Å². The molecular formula is C18H19NO3. The number of methoxy groups -OCH3 is 1. The van der Waals surface area contributed by atoms with E-state index in [1.54, 1.807) is 25.3 Å². The first-order valence-electron chi connectivity index (χ1n) is 7.17. The first kappa shape index (κ1) is 14.4. The van der Waals surface area contributed by atoms with E-state index in [1.165, 1.54) is 5.56 Å². The lowest BCUT2D eigenvalue weighted by atomic mass is 9.87. The van der Waals surface area contributed by atoms with E-state index in [1.807, 2.05) is 18.2 Å². The minimum absolute atomic E-state index is 0.0511. The lowest BCUT2D eigenvalue weighted by Crippen LogP contribution is -2.10. The number of phenolic OH excluding ortho intramolecular Hbond substituents is 1. The molecule has 0 spiro atoms. The number of aromatic nitrogens is 1. The van der Waals surface area contributed by atoms with Gasteiger partial charge in [-0.15, -0.1) is 0 Å². The third kappa shape index (κ3) is 2.52. The van der Waals surface area contributed by atoms with E-state index in [4.69, 9.17) is 9.15 Å². The topological polar surface area (TPSA) is 55.5 Å². The number of ether oxygens (including phenoxy) is 1. The third-order valence-electron chi connectivity index (χ3n) is 3.69. The zero-order valence-electron chi connectivity index (χ0n) is 13.2. The Kier molecular flexibility index (Phi) is 3.32. The van der Waals surface area contributed by atoms with Gasteiger partial charge >= 0.3 is 0 Å². The van der Waals surface area contributed by atoms with Crippen LogP contribution in [0.4, 0.5) is 0 Å². The van der Waals surface area contributed by atoms with E-state index in [-0.39, 0.29) is 11.2 Å². The van der Waals surface area contributed by atoms with Crippen molar-refractivity contribution in [2.24, 2.45) is 0 Å². The number of rotatable bonds is 2. The molecule has 0 fully saturated rings. The third-order valence-corrected chi connectivity index (χ3v) is 3.69. The largest absolute Gasteiger partial charge is 0.507 e. The van der Waals surface area contributed by atoms with Gasteiger partial charge in [-0.2, -0.15) is 0 Å². The second-order valence-electron chi connectivity index (χ2n) is 6.33. The van der Waals surface area contributed by atoms with Crippen molar-refractivity contribution in [1.29, 1.82) is 0 Å². The fourth-order valence-corrected chi connectivity index (χ4v) is 2.33. The van der Waals surface area contributed by atoms with E-state index in [0.29, 0.717) is 22.8 Å². The Balaban J connectivity index is 2.09. The van der Waals surface area contributed by atoms with E-state index >= 15 is 0 Å². The predicted octanol–water partition coefficient (Wildman–Crippen LogP) is 4.51. The van der Waals surface area contributed by atoms with Gasteiger partial charge in [-0.3, -0.25) is 0 Å². The van der Waals surface area contributed by atoms with Crippen molar-refractivity contribution < 1.29 is 14.3 Å². The quantitative estimate of drug-likeness (QED) is 0.756. The maximum Gasteiger partial charge on any atom is 0.231 e. The molecule has 0 radical (unpaired) electrons. The fourth-order valence-electron chi connectivity index (χ4n) is 2.33. The van der Waals surface area contributed by atoms with Crippen molar-refractivity contribution in [3.63, 3.8) is 0 Å². The van der Waals surface area contributed by atoms with Gasteiger partial charge in [0.15, 0.2) is 5.58 Å². The highest BCUT2D eigenvalue weighted by Gasteiger charge is 2.17. The Morgan fingerprint density at radius 3 is 2.50 bits per heavy atom. The number of phenols is 1. The molecule has 1 aromatic heterocycles. The maximum atomic E-state index is 10.1. The normalized spacial score (nSPS) is 11.8. The van der Waals surface area contributed by atoms with Gasteiger partial charge in [0.2, 0.25) is 5.89 Å². The van der Waals surface area contributed by atoms with Crippen molar-refractivity contribution in [2.45, 2.75) is 26.2 Å². The van der Waals surface area contributed by atoms with Crippen LogP contribution in [0.5, 0.6) is 11.5 Å². The van der Waals surface area contributed by atoms with Crippen LogP contribution in [-0.4, -0.2) is 17.2 Å². The summed E-state index contributed by atoms with van der Waals surface area (Å²) in [6, 6.07) is 11.1. The summed E-state index contributed by atoms with van der Waals surface area (Å²) in [6.07, 6.45) is 0. The summed E-state index contributed by atoms with van der Waals surface area (Å²) in [5.74, 6) is 1.08. The number of hydrogen-bond acceptors (Lipinski definition) is 4. The molecule has 4 heteroatoms. The highest BCUT2D eigenvalue weighted by atomic mass is 16.5. The average Bonchev–Trinajstić information content (AvgIpc) is 2.88. The van der Waals surface area contributed by atoms with Gasteiger partial charge in [0, 0.05) is 6.07 Å². The number of oxazole rings is 1. The van der Waals surface area contributed by atoms with Crippen LogP contribution < -0.4 is 4.74 Å². The maximum absolute atomic E-state index is 10.1. The second-order valence-corrected chi connectivity index (χ2v) is 6.33. The summed E-state index contributed by atoms with van der Waals surface area (Å²) in [5.41, 5.74) is 3.29. The summed E-state index contributed by atoms with van der Waals surface area (Å²) in [5, 5.41) is 10.1. The number of aromatic hydroxyl groups is 1. The molecule has 3 aromatic rings. The lowest BCUT2D eigenvalue weighted by Gasteiger charge is -2.18. The van der Waals surface area contributed by atoms with Crippen LogP contribution in [0, 0.1) is 0 Å². The van der Waals surface area contributed by atoms with Crippen LogP contribution in [0.15, 0.2) is 40.8 Å². The van der Waals surface area contributed by atoms with Crippen molar-refractivity contribution in [1.82, 2.24) is 4.98 Å². The Hall–Kier alpha value is -2.49. The molecule has 0 aliphatic rings. The van der Waals surface area contributed by atoms with Crippen molar-refractivity contribution in [2.75, 3.05) is 7.11 Å². The van der Waals surface area contributed by atoms with Gasteiger partial charge in [0.25, 0.3) is 0 Å². The first-order valence-corrected chi connectivity index (χ1v) is 7.17. The predicted molar refractivity (Wildman–Crippen MR) is 86.4 cm³/mol. The molecule has 2 aromatic carbocycles. The number of nitrogens with zero attached hydrogens (tertiary/aromatic N) is 1. The molecule has 0 amide bonds. The highest BCUT2D eigenvalue weighted by molar-refractivity contribution is 5.78. The van der Waals surface area contributed by atoms with Gasteiger partial charge in [-0.05, 0) is 35.2 Å². The average molecular weight is 297 g/mol. The summed E-state index contributed by atoms with van der Waals surface area (Å²) in [6.45, 7) is 6.47. The molecule has 0 atom stereocenters. The van der Waals surface area contributed by atoms with Crippen LogP contribution in [0.25, 0.3) is 22.6 Å². The molecule has 1 heterocycles. The van der Waals surface area contributed by atoms with Gasteiger partial charge in [0.1, 0.15) is 17.0 Å². The monoisotopic (exact) mass is 297 g/mol. The molecule has 1 N–H and O–H groups in total. The molecule has 4 nitrogen and oxygen atoms in total. The molecule has 0 saturated heterocycles. The molecule has 0 aliphatic heterocycles. The van der Waals surface area contributed by atoms with Crippen LogP contribution in [-0.2, 0) is 5.41 Å². The van der Waals surface area contributed by atoms with Gasteiger partial charge < -0.3 is 14.3 Å². The minimum Gasteiger partial charge on any atom is -0.507 e. The molecule has 114 valence electrons. The molecule has 22 heavy (non-hydrogen) atoms. The lowest BCUT2D eigenvalue weighted by molar-refractivity contribution is 0.407. The van der Waals surface area contributed by atoms with Crippen LogP contribution in [0.2, 0.25) is 0 Å². The Morgan fingerprint density at radius 2 is 1.86 bits per heavy atom. The zero-order valence-corrected chi connectivity index (χ0v) is 13.2. The van der Waals surface area contributed by atoms with Gasteiger partial charge in [0.05, 0.1) is 12.7 Å². The molecule has 0 saturated carbocycles. The highest BCUT2D eigenvalue weighted by Crippen LogP contribution is 2.34. The Morgan fingerprint density at radius 1 is 1.09 bits per heavy atom. The fraction of sp³-hybridized carbons (Fsp3) is 0.278. The van der Waals surface area contributed by atoms with E-state index in [2.05, 4.69) is 25.8 Å². The van der Waals surface area contributed by atoms with E-state index in [9.17, 15) is 5.11 Å². The van der Waals surface area contributed by atoms with E-state index in [0.717, 1.165) is 5.52 Å². The SMILES string of the molecule is COc1ccc(-c2nc3cc(C(C)(C)C)ccc3o2)c(O)c1. The van der Waals surface area contributed by atoms with E-state index < -0.39 is 0 Å². The number of fused-ring (bicyclic) bond motifs is 1. The van der Waals surface area contributed by atoms with Crippen molar-refractivity contribution >= 4 is 11.1 Å². The summed E-state index contributed by atoms with van der Waals surface area (Å²) in [4.78, 5) is 4.51. The summed E-state index contributed by atoms with van der Waals surface area (Å²) >= 11 is 0. The van der Waals surface area contributed by atoms with Crippen molar-refractivity contribution in [3.8, 4) is 23.0 Å². The van der Waals surface area contributed by atoms with Gasteiger partial charge in [-0.25, -0.2) is 4.98 Å². The molecule has 0 aliphatic carbocycles. The van der Waals surface area contributed by atoms with Crippen molar-refractivity contribution in [3.05, 3.63) is 42.0 Å². The Bertz CT molecular complexity index is 828. The second kappa shape index (κ2) is 5.05. The molecular weight excluding hydrogens is 278 g/mol. The Labute approximate surface area is 129 Å². The molecule has 0 bridgehead atoms. The zero-order chi connectivity index (χ0) is 15.9. The van der Waals surface area contributed by atoms with Crippen LogP contribution in [0.3, 0.4) is 0 Å². The summed E-state index contributed by atoms with van der Waals surface area (Å²) < 4.78 is 10.9. The van der Waals surface area contributed by atoms with Crippen LogP contribution >= 0.6 is 0 Å². The number of benzene rings is 2. The van der Waals surface area contributed by atoms with Crippen LogP contribution in [0.1, 0.15) is 26.3 Å². The minimum atomic E-state index is 0.0511. The molecule has 0 unspecified atom stereocenters. The smallest absolute Gasteiger partial charge is 0.231 e.